The van der Waals surface area contributed by atoms with Gasteiger partial charge in [0.05, 0.1) is 35.8 Å². The zero-order valence-electron chi connectivity index (χ0n) is 28.8. The summed E-state index contributed by atoms with van der Waals surface area (Å²) in [4.78, 5) is 7.83. The molecule has 8 heteroatoms. The van der Waals surface area contributed by atoms with Crippen LogP contribution in [-0.4, -0.2) is 47.4 Å². The Labute approximate surface area is 300 Å². The van der Waals surface area contributed by atoms with E-state index < -0.39 is 0 Å². The van der Waals surface area contributed by atoms with Crippen molar-refractivity contribution in [2.45, 2.75) is 108 Å². The second-order valence-corrected chi connectivity index (χ2v) is 16.1. The molecule has 3 saturated heterocycles. The number of rotatable bonds is 10. The summed E-state index contributed by atoms with van der Waals surface area (Å²) in [6.45, 7) is 11.0. The summed E-state index contributed by atoms with van der Waals surface area (Å²) in [5, 5.41) is 14.1. The first-order valence-corrected chi connectivity index (χ1v) is 19.6. The molecule has 5 atom stereocenters. The summed E-state index contributed by atoms with van der Waals surface area (Å²) < 4.78 is 8.70. The SMILES string of the molecule is C=CNC(=NCc1ccc(-c2ccc(-c3ccc(-c4cn(C[C@@H]5CCCN5)[nH]4)s3)c3c2C2CCC3C2)c(C2CCCO2)c1C)[C@@H]1CCCN1.[HH].[HH].[HH].[HH]. The Kier molecular flexibility index (Phi) is 8.60. The average molecular weight is 683 g/mol. The number of benzene rings is 2. The van der Waals surface area contributed by atoms with Crippen molar-refractivity contribution in [3.63, 3.8) is 0 Å². The molecule has 4 aromatic rings. The van der Waals surface area contributed by atoms with Gasteiger partial charge in [-0.3, -0.25) is 14.8 Å². The highest BCUT2D eigenvalue weighted by Gasteiger charge is 2.41. The van der Waals surface area contributed by atoms with E-state index in [9.17, 15) is 0 Å². The van der Waals surface area contributed by atoms with Crippen molar-refractivity contribution in [1.29, 1.82) is 0 Å². The number of fused-ring (bicyclic) bond motifs is 5. The molecule has 2 aromatic carbocycles. The second kappa shape index (κ2) is 13.4. The highest BCUT2D eigenvalue weighted by atomic mass is 32.1. The van der Waals surface area contributed by atoms with Crippen molar-refractivity contribution in [1.82, 2.24) is 25.7 Å². The molecule has 49 heavy (non-hydrogen) atoms. The molecule has 5 heterocycles. The van der Waals surface area contributed by atoms with E-state index >= 15 is 0 Å². The molecule has 7 nitrogen and oxygen atoms in total. The largest absolute Gasteiger partial charge is 0.373 e. The van der Waals surface area contributed by atoms with Crippen LogP contribution in [0.3, 0.4) is 0 Å². The fourth-order valence-electron chi connectivity index (χ4n) is 9.62. The molecule has 3 aliphatic heterocycles. The van der Waals surface area contributed by atoms with E-state index in [1.807, 2.05) is 11.3 Å². The molecular formula is C41H58N6OS. The lowest BCUT2D eigenvalue weighted by Crippen LogP contribution is -2.38. The number of hydrogen-bond donors (Lipinski definition) is 4. The molecule has 2 aliphatic carbocycles. The molecule has 3 unspecified atom stereocenters. The van der Waals surface area contributed by atoms with Gasteiger partial charge in [-0.05, 0) is 152 Å². The first-order valence-electron chi connectivity index (χ1n) is 18.8. The van der Waals surface area contributed by atoms with Gasteiger partial charge in [-0.2, -0.15) is 0 Å². The normalized spacial score (nSPS) is 26.2. The second-order valence-electron chi connectivity index (χ2n) is 15.0. The maximum absolute atomic E-state index is 6.45. The molecule has 4 N–H and O–H groups in total. The van der Waals surface area contributed by atoms with Gasteiger partial charge in [0.2, 0.25) is 0 Å². The lowest BCUT2D eigenvalue weighted by atomic mass is 9.80. The molecule has 2 aromatic heterocycles. The average Bonchev–Trinajstić information content (AvgIpc) is 3.96. The van der Waals surface area contributed by atoms with Crippen LogP contribution in [0.1, 0.15) is 109 Å². The van der Waals surface area contributed by atoms with Crippen LogP contribution in [0.4, 0.5) is 0 Å². The van der Waals surface area contributed by atoms with Gasteiger partial charge in [-0.25, -0.2) is 0 Å². The standard InChI is InChI=1S/C41H50N6OS.4H2/c1-3-42-41(33-8-5-19-44-33)45-22-28-12-13-30(38(25(28)2)35-9-6-20-48-35)31-14-15-32(40-27-11-10-26(21-27)39(31)40)36-16-17-37(49-36)34-24-47(46-34)23-29-7-4-18-43-29;;;;/h3,12-17,24,26-27,29,33,35,43-44,46H,1,4-11,18-23H2,2H3,(H,42,45);4*1H/t26?,27?,29-,33-,35?;;;;/m0..../s1. The van der Waals surface area contributed by atoms with Gasteiger partial charge in [0.25, 0.3) is 0 Å². The van der Waals surface area contributed by atoms with Crippen LogP contribution in [0.15, 0.2) is 60.4 Å². The van der Waals surface area contributed by atoms with E-state index in [2.05, 4.69) is 81.8 Å². The highest BCUT2D eigenvalue weighted by Crippen LogP contribution is 2.59. The summed E-state index contributed by atoms with van der Waals surface area (Å²) in [7, 11) is 0. The van der Waals surface area contributed by atoms with Crippen LogP contribution in [0, 0.1) is 6.92 Å². The van der Waals surface area contributed by atoms with Gasteiger partial charge < -0.3 is 20.7 Å². The van der Waals surface area contributed by atoms with Crippen molar-refractivity contribution in [2.24, 2.45) is 4.99 Å². The van der Waals surface area contributed by atoms with Crippen LogP contribution >= 0.6 is 11.3 Å². The van der Waals surface area contributed by atoms with Gasteiger partial charge in [-0.1, -0.05) is 30.8 Å². The maximum atomic E-state index is 6.45. The lowest BCUT2D eigenvalue weighted by molar-refractivity contribution is 0.112. The Morgan fingerprint density at radius 2 is 1.69 bits per heavy atom. The molecule has 1 saturated carbocycles. The number of hydrogen-bond acceptors (Lipinski definition) is 5. The van der Waals surface area contributed by atoms with Crippen molar-refractivity contribution >= 4 is 17.2 Å². The number of aliphatic imine (C=N–C) groups is 1. The zero-order valence-corrected chi connectivity index (χ0v) is 29.6. The molecular weight excluding hydrogens is 625 g/mol. The number of nitrogens with zero attached hydrogens (tertiary/aromatic N) is 2. The smallest absolute Gasteiger partial charge is 0.118 e. The minimum Gasteiger partial charge on any atom is -0.373 e. The van der Waals surface area contributed by atoms with Crippen LogP contribution < -0.4 is 16.0 Å². The first kappa shape index (κ1) is 31.5. The van der Waals surface area contributed by atoms with Gasteiger partial charge in [0.1, 0.15) is 5.84 Å². The Bertz CT molecular complexity index is 1870. The van der Waals surface area contributed by atoms with Gasteiger partial charge >= 0.3 is 0 Å². The third-order valence-corrected chi connectivity index (χ3v) is 13.2. The lowest BCUT2D eigenvalue weighted by Gasteiger charge is -2.26. The van der Waals surface area contributed by atoms with E-state index in [0.717, 1.165) is 51.3 Å². The summed E-state index contributed by atoms with van der Waals surface area (Å²) in [6.07, 6.45) is 15.2. The molecule has 4 fully saturated rings. The zero-order chi connectivity index (χ0) is 32.9. The van der Waals surface area contributed by atoms with Gasteiger partial charge in [0, 0.05) is 29.4 Å². The molecule has 5 aliphatic rings. The van der Waals surface area contributed by atoms with Crippen molar-refractivity contribution in [2.75, 3.05) is 19.7 Å². The highest BCUT2D eigenvalue weighted by molar-refractivity contribution is 7.18. The summed E-state index contributed by atoms with van der Waals surface area (Å²) in [5.74, 6) is 2.31. The Hall–Kier alpha value is -3.43. The summed E-state index contributed by atoms with van der Waals surface area (Å²) in [6, 6.07) is 15.2. The first-order chi connectivity index (χ1) is 24.1. The third kappa shape index (κ3) is 5.84. The number of aromatic amines is 1. The minimum absolute atomic E-state index is 0. The van der Waals surface area contributed by atoms with Crippen LogP contribution in [0.25, 0.3) is 32.1 Å². The number of thiophene rings is 1. The van der Waals surface area contributed by atoms with Crippen molar-refractivity contribution in [3.8, 4) is 32.1 Å². The van der Waals surface area contributed by atoms with Crippen LogP contribution in [0.5, 0.6) is 0 Å². The fourth-order valence-corrected chi connectivity index (χ4v) is 10.6. The number of amidine groups is 1. The Morgan fingerprint density at radius 1 is 0.939 bits per heavy atom. The predicted octanol–water partition coefficient (Wildman–Crippen LogP) is 9.52. The molecule has 0 amide bonds. The minimum atomic E-state index is 0. The van der Waals surface area contributed by atoms with Crippen molar-refractivity contribution in [3.05, 3.63) is 83.2 Å². The quantitative estimate of drug-likeness (QED) is 0.0993. The summed E-state index contributed by atoms with van der Waals surface area (Å²) >= 11 is 1.94. The van der Waals surface area contributed by atoms with E-state index in [1.54, 1.807) is 17.3 Å². The maximum Gasteiger partial charge on any atom is 0.118 e. The fraction of sp³-hybridized carbons (Fsp3) is 0.488. The molecule has 264 valence electrons. The number of nitrogens with one attached hydrogen (secondary N) is 4. The van der Waals surface area contributed by atoms with Gasteiger partial charge in [0.15, 0.2) is 0 Å². The van der Waals surface area contributed by atoms with E-state index in [4.69, 9.17) is 9.73 Å². The number of H-pyrrole nitrogens is 1. The number of ether oxygens (including phenoxy) is 1. The molecule has 0 spiro atoms. The summed E-state index contributed by atoms with van der Waals surface area (Å²) in [5.41, 5.74) is 12.8. The Morgan fingerprint density at radius 3 is 2.45 bits per heavy atom. The van der Waals surface area contributed by atoms with Crippen molar-refractivity contribution < 1.29 is 10.4 Å². The molecule has 2 bridgehead atoms. The van der Waals surface area contributed by atoms with Crippen LogP contribution in [-0.2, 0) is 17.8 Å². The van der Waals surface area contributed by atoms with E-state index in [-0.39, 0.29) is 17.9 Å². The van der Waals surface area contributed by atoms with E-state index in [1.165, 1.54) is 87.4 Å². The van der Waals surface area contributed by atoms with Crippen LogP contribution in [0.2, 0.25) is 0 Å². The topological polar surface area (TPSA) is 78.4 Å². The van der Waals surface area contributed by atoms with E-state index in [0.29, 0.717) is 24.4 Å². The Balaban J connectivity index is 0.00000135. The monoisotopic (exact) mass is 682 g/mol. The third-order valence-electron chi connectivity index (χ3n) is 12.0. The molecule has 9 rings (SSSR count). The predicted molar refractivity (Wildman–Crippen MR) is 210 cm³/mol. The van der Waals surface area contributed by atoms with Gasteiger partial charge in [-0.15, -0.1) is 11.3 Å². The molecule has 0 radical (unpaired) electrons. The number of aromatic nitrogens is 2.